The fourth-order valence-electron chi connectivity index (χ4n) is 4.59. The zero-order valence-electron chi connectivity index (χ0n) is 18.2. The van der Waals surface area contributed by atoms with E-state index in [2.05, 4.69) is 52.7 Å². The summed E-state index contributed by atoms with van der Waals surface area (Å²) in [6.07, 6.45) is 1.83. The Balaban J connectivity index is 1.88. The third kappa shape index (κ3) is 3.95. The molecule has 162 valence electrons. The number of thiocarbonyl (C=S) groups is 1. The van der Waals surface area contributed by atoms with Gasteiger partial charge in [-0.05, 0) is 68.9 Å². The van der Waals surface area contributed by atoms with Crippen LogP contribution < -0.4 is 5.32 Å². The van der Waals surface area contributed by atoms with Gasteiger partial charge in [0.2, 0.25) is 0 Å². The molecule has 0 amide bonds. The van der Waals surface area contributed by atoms with Crippen LogP contribution in [0, 0.1) is 20.8 Å². The van der Waals surface area contributed by atoms with Crippen LogP contribution in [0.25, 0.3) is 5.69 Å². The summed E-state index contributed by atoms with van der Waals surface area (Å²) in [6, 6.07) is 13.9. The van der Waals surface area contributed by atoms with Crippen molar-refractivity contribution in [3.05, 3.63) is 81.9 Å². The Labute approximate surface area is 194 Å². The van der Waals surface area contributed by atoms with Crippen molar-refractivity contribution in [2.24, 2.45) is 0 Å². The lowest BCUT2D eigenvalue weighted by Gasteiger charge is -2.28. The normalized spacial score (nSPS) is 18.5. The monoisotopic (exact) mass is 454 g/mol. The molecule has 7 heteroatoms. The highest BCUT2D eigenvalue weighted by molar-refractivity contribution is 7.80. The van der Waals surface area contributed by atoms with E-state index in [1.165, 1.54) is 22.5 Å². The van der Waals surface area contributed by atoms with Gasteiger partial charge in [-0.25, -0.2) is 0 Å². The zero-order valence-corrected chi connectivity index (χ0v) is 19.8. The molecule has 3 aromatic rings. The van der Waals surface area contributed by atoms with Crippen molar-refractivity contribution in [1.82, 2.24) is 19.8 Å². The molecule has 1 aromatic carbocycles. The Bertz CT molecular complexity index is 1100. The lowest BCUT2D eigenvalue weighted by Crippen LogP contribution is -2.33. The Morgan fingerprint density at radius 2 is 1.94 bits per heavy atom. The van der Waals surface area contributed by atoms with Crippen molar-refractivity contribution >= 4 is 28.9 Å². The van der Waals surface area contributed by atoms with Gasteiger partial charge in [-0.3, -0.25) is 4.98 Å². The van der Waals surface area contributed by atoms with E-state index in [0.717, 1.165) is 21.5 Å². The minimum absolute atomic E-state index is 0.0108. The molecule has 3 heterocycles. The van der Waals surface area contributed by atoms with Gasteiger partial charge in [0.1, 0.15) is 0 Å². The number of rotatable bonds is 6. The van der Waals surface area contributed by atoms with Crippen molar-refractivity contribution in [2.75, 3.05) is 20.3 Å². The molecule has 1 fully saturated rings. The molecule has 0 aliphatic carbocycles. The molecule has 0 radical (unpaired) electrons. The van der Waals surface area contributed by atoms with E-state index in [4.69, 9.17) is 28.6 Å². The SMILES string of the molecule is COCCN1C(=S)N[C@@H](c2ccccn2)[C@H]1c1c(C)c(C)n(-c2cccc(Cl)c2)c1C. The topological polar surface area (TPSA) is 42.3 Å². The first-order chi connectivity index (χ1) is 14.9. The van der Waals surface area contributed by atoms with Crippen LogP contribution in [0.2, 0.25) is 5.02 Å². The lowest BCUT2D eigenvalue weighted by atomic mass is 9.93. The van der Waals surface area contributed by atoms with Gasteiger partial charge >= 0.3 is 0 Å². The van der Waals surface area contributed by atoms with Crippen LogP contribution in [0.15, 0.2) is 48.7 Å². The number of methoxy groups -OCH3 is 1. The number of halogens is 1. The highest BCUT2D eigenvalue weighted by Crippen LogP contribution is 2.43. The van der Waals surface area contributed by atoms with E-state index >= 15 is 0 Å². The number of pyridine rings is 1. The summed E-state index contributed by atoms with van der Waals surface area (Å²) in [5.41, 5.74) is 6.91. The molecule has 5 nitrogen and oxygen atoms in total. The first-order valence-electron chi connectivity index (χ1n) is 10.4. The number of aromatic nitrogens is 2. The van der Waals surface area contributed by atoms with E-state index in [-0.39, 0.29) is 12.1 Å². The van der Waals surface area contributed by atoms with Crippen molar-refractivity contribution in [3.8, 4) is 5.69 Å². The van der Waals surface area contributed by atoms with Crippen LogP contribution in [0.4, 0.5) is 0 Å². The molecular weight excluding hydrogens is 428 g/mol. The van der Waals surface area contributed by atoms with Gasteiger partial charge in [0.15, 0.2) is 5.11 Å². The Hall–Kier alpha value is -2.41. The summed E-state index contributed by atoms with van der Waals surface area (Å²) in [5, 5.41) is 4.97. The van der Waals surface area contributed by atoms with Crippen LogP contribution in [0.1, 0.15) is 40.3 Å². The predicted octanol–water partition coefficient (Wildman–Crippen LogP) is 5.07. The fraction of sp³-hybridized carbons (Fsp3) is 0.333. The molecule has 2 aromatic heterocycles. The van der Waals surface area contributed by atoms with Gasteiger partial charge in [0.25, 0.3) is 0 Å². The van der Waals surface area contributed by atoms with Crippen molar-refractivity contribution in [2.45, 2.75) is 32.9 Å². The van der Waals surface area contributed by atoms with Crippen molar-refractivity contribution in [1.29, 1.82) is 0 Å². The number of ether oxygens (including phenoxy) is 1. The average molecular weight is 455 g/mol. The quantitative estimate of drug-likeness (QED) is 0.526. The average Bonchev–Trinajstić information content (AvgIpc) is 3.19. The molecule has 4 rings (SSSR count). The first-order valence-corrected chi connectivity index (χ1v) is 11.1. The van der Waals surface area contributed by atoms with Gasteiger partial charge in [-0.15, -0.1) is 0 Å². The lowest BCUT2D eigenvalue weighted by molar-refractivity contribution is 0.164. The third-order valence-electron chi connectivity index (χ3n) is 6.10. The molecule has 0 unspecified atom stereocenters. The van der Waals surface area contributed by atoms with Gasteiger partial charge < -0.3 is 19.5 Å². The maximum absolute atomic E-state index is 6.31. The molecule has 31 heavy (non-hydrogen) atoms. The van der Waals surface area contributed by atoms with Gasteiger partial charge in [0.05, 0.1) is 24.4 Å². The molecular formula is C24H27ClN4OS. The minimum Gasteiger partial charge on any atom is -0.383 e. The molecule has 1 aliphatic rings. The second-order valence-corrected chi connectivity index (χ2v) is 8.66. The second kappa shape index (κ2) is 8.99. The van der Waals surface area contributed by atoms with Crippen LogP contribution in [-0.4, -0.2) is 39.8 Å². The van der Waals surface area contributed by atoms with Gasteiger partial charge in [-0.2, -0.15) is 0 Å². The van der Waals surface area contributed by atoms with Crippen molar-refractivity contribution in [3.63, 3.8) is 0 Å². The Morgan fingerprint density at radius 1 is 1.13 bits per heavy atom. The zero-order chi connectivity index (χ0) is 22.1. The standard InChI is InChI=1S/C24H27ClN4OS/c1-15-16(2)29(19-9-7-8-18(25)14-19)17(3)21(15)23-22(20-10-5-6-11-26-20)27-24(31)28(23)12-13-30-4/h5-11,14,22-23H,12-13H2,1-4H3,(H,27,31)/t22-,23+/m0/s1. The van der Waals surface area contributed by atoms with E-state index in [1.807, 2.05) is 36.5 Å². The van der Waals surface area contributed by atoms with Crippen LogP contribution in [-0.2, 0) is 4.74 Å². The number of nitrogens with one attached hydrogen (secondary N) is 1. The summed E-state index contributed by atoms with van der Waals surface area (Å²) in [7, 11) is 1.72. The number of hydrogen-bond donors (Lipinski definition) is 1. The van der Waals surface area contributed by atoms with Gasteiger partial charge in [0, 0.05) is 47.5 Å². The molecule has 0 saturated carbocycles. The maximum atomic E-state index is 6.31. The number of benzene rings is 1. The fourth-order valence-corrected chi connectivity index (χ4v) is 5.11. The Kier molecular flexibility index (Phi) is 6.32. The number of hydrogen-bond acceptors (Lipinski definition) is 3. The maximum Gasteiger partial charge on any atom is 0.170 e. The summed E-state index contributed by atoms with van der Waals surface area (Å²) in [6.45, 7) is 7.81. The smallest absolute Gasteiger partial charge is 0.170 e. The van der Waals surface area contributed by atoms with E-state index < -0.39 is 0 Å². The molecule has 0 spiro atoms. The highest BCUT2D eigenvalue weighted by Gasteiger charge is 2.42. The molecule has 0 bridgehead atoms. The number of nitrogens with zero attached hydrogens (tertiary/aromatic N) is 3. The molecule has 1 N–H and O–H groups in total. The largest absolute Gasteiger partial charge is 0.383 e. The molecule has 2 atom stereocenters. The van der Waals surface area contributed by atoms with Crippen LogP contribution in [0.3, 0.4) is 0 Å². The summed E-state index contributed by atoms with van der Waals surface area (Å²) >= 11 is 12.1. The van der Waals surface area contributed by atoms with Crippen molar-refractivity contribution < 1.29 is 4.74 Å². The molecule has 1 saturated heterocycles. The third-order valence-corrected chi connectivity index (χ3v) is 6.69. The Morgan fingerprint density at radius 3 is 2.61 bits per heavy atom. The summed E-state index contributed by atoms with van der Waals surface area (Å²) < 4.78 is 7.66. The second-order valence-electron chi connectivity index (χ2n) is 7.84. The van der Waals surface area contributed by atoms with E-state index in [1.54, 1.807) is 7.11 Å². The minimum atomic E-state index is -0.0439. The summed E-state index contributed by atoms with van der Waals surface area (Å²) in [4.78, 5) is 6.87. The first kappa shape index (κ1) is 21.8. The van der Waals surface area contributed by atoms with Gasteiger partial charge in [-0.1, -0.05) is 23.7 Å². The predicted molar refractivity (Wildman–Crippen MR) is 129 cm³/mol. The summed E-state index contributed by atoms with van der Waals surface area (Å²) in [5.74, 6) is 0. The van der Waals surface area contributed by atoms with Crippen LogP contribution in [0.5, 0.6) is 0 Å². The van der Waals surface area contributed by atoms with E-state index in [9.17, 15) is 0 Å². The van der Waals surface area contributed by atoms with Crippen LogP contribution >= 0.6 is 23.8 Å². The molecule has 1 aliphatic heterocycles. The van der Waals surface area contributed by atoms with E-state index in [0.29, 0.717) is 13.2 Å². The highest BCUT2D eigenvalue weighted by atomic mass is 35.5.